The number of anilines is 1. The third-order valence-electron chi connectivity index (χ3n) is 5.10. The number of carboxylic acid groups (broad SMARTS) is 1. The molecule has 0 aromatic heterocycles. The third-order valence-corrected chi connectivity index (χ3v) is 6.48. The van der Waals surface area contributed by atoms with Crippen molar-refractivity contribution in [1.29, 1.82) is 0 Å². The molecule has 4 rings (SSSR count). The molecule has 0 fully saturated rings. The van der Waals surface area contributed by atoms with Crippen molar-refractivity contribution in [3.63, 3.8) is 0 Å². The summed E-state index contributed by atoms with van der Waals surface area (Å²) in [4.78, 5) is 22.7. The number of carbonyl (C=O) groups excluding carboxylic acids is 1. The number of sulfonamides is 1. The normalized spacial score (nSPS) is 12.0. The lowest BCUT2D eigenvalue weighted by Crippen LogP contribution is -2.25. The van der Waals surface area contributed by atoms with Gasteiger partial charge in [-0.05, 0) is 65.1 Å². The standard InChI is InChI=1S/C23H20N2O5S/c26-22(27)11-12-24-23(28)15-5-7-18(8-6-15)25-31(29,30)19-9-10-21-17(14-19)13-16-3-1-2-4-20(16)21/h1-10,14,25H,11-13H2,(H,24,28)(H,26,27). The van der Waals surface area contributed by atoms with Crippen LogP contribution in [0.5, 0.6) is 0 Å². The van der Waals surface area contributed by atoms with Gasteiger partial charge in [-0.25, -0.2) is 8.42 Å². The Morgan fingerprint density at radius 1 is 0.903 bits per heavy atom. The van der Waals surface area contributed by atoms with Gasteiger partial charge in [0.1, 0.15) is 0 Å². The summed E-state index contributed by atoms with van der Waals surface area (Å²) in [6.45, 7) is 0.0186. The van der Waals surface area contributed by atoms with Gasteiger partial charge in [-0.1, -0.05) is 30.3 Å². The van der Waals surface area contributed by atoms with E-state index in [2.05, 4.69) is 10.0 Å². The molecule has 0 radical (unpaired) electrons. The van der Waals surface area contributed by atoms with Crippen molar-refractivity contribution >= 4 is 27.6 Å². The minimum atomic E-state index is -3.79. The van der Waals surface area contributed by atoms with E-state index in [9.17, 15) is 18.0 Å². The van der Waals surface area contributed by atoms with Gasteiger partial charge < -0.3 is 10.4 Å². The van der Waals surface area contributed by atoms with Crippen LogP contribution in [0.3, 0.4) is 0 Å². The predicted octanol–water partition coefficient (Wildman–Crippen LogP) is 3.26. The van der Waals surface area contributed by atoms with E-state index in [1.807, 2.05) is 30.3 Å². The first-order valence-corrected chi connectivity index (χ1v) is 11.2. The summed E-state index contributed by atoms with van der Waals surface area (Å²) < 4.78 is 28.2. The molecule has 0 unspecified atom stereocenters. The molecule has 8 heteroatoms. The fourth-order valence-electron chi connectivity index (χ4n) is 3.58. The van der Waals surface area contributed by atoms with Crippen LogP contribution in [0.4, 0.5) is 5.69 Å². The average Bonchev–Trinajstić information content (AvgIpc) is 3.11. The maximum atomic E-state index is 12.9. The van der Waals surface area contributed by atoms with E-state index in [4.69, 9.17) is 5.11 Å². The molecule has 3 aromatic rings. The van der Waals surface area contributed by atoms with Crippen LogP contribution in [0, 0.1) is 0 Å². The molecule has 158 valence electrons. The van der Waals surface area contributed by atoms with Crippen LogP contribution < -0.4 is 10.0 Å². The average molecular weight is 436 g/mol. The topological polar surface area (TPSA) is 113 Å². The number of carbonyl (C=O) groups is 2. The quantitative estimate of drug-likeness (QED) is 0.412. The summed E-state index contributed by atoms with van der Waals surface area (Å²) in [6, 6.07) is 19.1. The van der Waals surface area contributed by atoms with Crippen LogP contribution in [0.25, 0.3) is 11.1 Å². The highest BCUT2D eigenvalue weighted by atomic mass is 32.2. The van der Waals surface area contributed by atoms with Gasteiger partial charge in [0.05, 0.1) is 11.3 Å². The smallest absolute Gasteiger partial charge is 0.305 e. The highest BCUT2D eigenvalue weighted by Gasteiger charge is 2.22. The fraction of sp³-hybridized carbons (Fsp3) is 0.130. The van der Waals surface area contributed by atoms with Gasteiger partial charge in [0.25, 0.3) is 15.9 Å². The molecule has 0 spiro atoms. The molecular formula is C23H20N2O5S. The van der Waals surface area contributed by atoms with Crippen LogP contribution >= 0.6 is 0 Å². The van der Waals surface area contributed by atoms with Crippen molar-refractivity contribution in [1.82, 2.24) is 5.32 Å². The minimum absolute atomic E-state index is 0.0186. The number of amides is 1. The second-order valence-electron chi connectivity index (χ2n) is 7.24. The van der Waals surface area contributed by atoms with E-state index in [1.54, 1.807) is 12.1 Å². The van der Waals surface area contributed by atoms with E-state index in [-0.39, 0.29) is 17.9 Å². The van der Waals surface area contributed by atoms with Crippen molar-refractivity contribution in [3.8, 4) is 11.1 Å². The molecular weight excluding hydrogens is 416 g/mol. The van der Waals surface area contributed by atoms with Crippen LogP contribution in [0.1, 0.15) is 27.9 Å². The zero-order valence-electron chi connectivity index (χ0n) is 16.5. The molecule has 0 bridgehead atoms. The fourth-order valence-corrected chi connectivity index (χ4v) is 4.69. The predicted molar refractivity (Wildman–Crippen MR) is 117 cm³/mol. The largest absolute Gasteiger partial charge is 0.481 e. The van der Waals surface area contributed by atoms with Gasteiger partial charge in [-0.3, -0.25) is 14.3 Å². The molecule has 31 heavy (non-hydrogen) atoms. The Balaban J connectivity index is 1.46. The number of aliphatic carboxylic acids is 1. The molecule has 0 saturated carbocycles. The van der Waals surface area contributed by atoms with Gasteiger partial charge in [0.2, 0.25) is 0 Å². The van der Waals surface area contributed by atoms with E-state index in [0.717, 1.165) is 16.7 Å². The molecule has 1 amide bonds. The first kappa shape index (κ1) is 20.6. The Kier molecular flexibility index (Phi) is 5.48. The van der Waals surface area contributed by atoms with Crippen molar-refractivity contribution in [3.05, 3.63) is 83.4 Å². The minimum Gasteiger partial charge on any atom is -0.481 e. The second-order valence-corrected chi connectivity index (χ2v) is 8.92. The van der Waals surface area contributed by atoms with E-state index in [1.165, 1.54) is 29.8 Å². The van der Waals surface area contributed by atoms with E-state index < -0.39 is 21.9 Å². The second kappa shape index (κ2) is 8.23. The summed E-state index contributed by atoms with van der Waals surface area (Å²) in [5.74, 6) is -1.42. The zero-order chi connectivity index (χ0) is 22.0. The molecule has 7 nitrogen and oxygen atoms in total. The number of hydrogen-bond donors (Lipinski definition) is 3. The van der Waals surface area contributed by atoms with E-state index >= 15 is 0 Å². The number of carboxylic acids is 1. The Morgan fingerprint density at radius 2 is 1.61 bits per heavy atom. The van der Waals surface area contributed by atoms with Gasteiger partial charge in [-0.2, -0.15) is 0 Å². The molecule has 1 aliphatic rings. The maximum Gasteiger partial charge on any atom is 0.305 e. The summed E-state index contributed by atoms with van der Waals surface area (Å²) >= 11 is 0. The summed E-state index contributed by atoms with van der Waals surface area (Å²) in [6.07, 6.45) is 0.524. The van der Waals surface area contributed by atoms with Gasteiger partial charge >= 0.3 is 5.97 Å². The zero-order valence-corrected chi connectivity index (χ0v) is 17.3. The first-order chi connectivity index (χ1) is 14.8. The SMILES string of the molecule is O=C(O)CCNC(=O)c1ccc(NS(=O)(=O)c2ccc3c(c2)Cc2ccccc2-3)cc1. The lowest BCUT2D eigenvalue weighted by atomic mass is 10.1. The number of rotatable bonds is 7. The molecule has 0 saturated heterocycles. The number of benzene rings is 3. The highest BCUT2D eigenvalue weighted by Crippen LogP contribution is 2.37. The van der Waals surface area contributed by atoms with Crippen LogP contribution in [0.15, 0.2) is 71.6 Å². The lowest BCUT2D eigenvalue weighted by Gasteiger charge is -2.10. The maximum absolute atomic E-state index is 12.9. The summed E-state index contributed by atoms with van der Waals surface area (Å²) in [5, 5.41) is 11.1. The van der Waals surface area contributed by atoms with Gasteiger partial charge in [-0.15, -0.1) is 0 Å². The molecule has 3 aromatic carbocycles. The van der Waals surface area contributed by atoms with Gasteiger partial charge in [0.15, 0.2) is 0 Å². The molecule has 3 N–H and O–H groups in total. The molecule has 0 atom stereocenters. The summed E-state index contributed by atoms with van der Waals surface area (Å²) in [5.41, 5.74) is 4.96. The molecule has 0 aliphatic heterocycles. The Morgan fingerprint density at radius 3 is 2.35 bits per heavy atom. The Hall–Kier alpha value is -3.65. The lowest BCUT2D eigenvalue weighted by molar-refractivity contribution is -0.136. The summed E-state index contributed by atoms with van der Waals surface area (Å²) in [7, 11) is -3.79. The Bertz CT molecular complexity index is 1270. The molecule has 1 aliphatic carbocycles. The third kappa shape index (κ3) is 4.44. The van der Waals surface area contributed by atoms with Crippen molar-refractivity contribution < 1.29 is 23.1 Å². The van der Waals surface area contributed by atoms with Crippen LogP contribution in [0.2, 0.25) is 0 Å². The first-order valence-electron chi connectivity index (χ1n) is 9.67. The monoisotopic (exact) mass is 436 g/mol. The Labute approximate surface area is 179 Å². The van der Waals surface area contributed by atoms with Gasteiger partial charge in [0, 0.05) is 17.8 Å². The van der Waals surface area contributed by atoms with Crippen molar-refractivity contribution in [2.75, 3.05) is 11.3 Å². The highest BCUT2D eigenvalue weighted by molar-refractivity contribution is 7.92. The molecule has 0 heterocycles. The van der Waals surface area contributed by atoms with Crippen LogP contribution in [-0.2, 0) is 21.2 Å². The number of hydrogen-bond acceptors (Lipinski definition) is 4. The number of nitrogens with one attached hydrogen (secondary N) is 2. The van der Waals surface area contributed by atoms with Crippen molar-refractivity contribution in [2.45, 2.75) is 17.7 Å². The van der Waals surface area contributed by atoms with Crippen LogP contribution in [-0.4, -0.2) is 31.9 Å². The van der Waals surface area contributed by atoms with E-state index in [0.29, 0.717) is 17.7 Å². The van der Waals surface area contributed by atoms with Crippen molar-refractivity contribution in [2.24, 2.45) is 0 Å². The number of fused-ring (bicyclic) bond motifs is 3.